The van der Waals surface area contributed by atoms with Crippen molar-refractivity contribution in [1.82, 2.24) is 10.3 Å². The van der Waals surface area contributed by atoms with E-state index in [9.17, 15) is 4.79 Å². The molecule has 0 aliphatic carbocycles. The first-order valence-electron chi connectivity index (χ1n) is 5.85. The number of fused-ring (bicyclic) bond motifs is 1. The van der Waals surface area contributed by atoms with Crippen molar-refractivity contribution in [3.63, 3.8) is 0 Å². The van der Waals surface area contributed by atoms with E-state index >= 15 is 0 Å². The van der Waals surface area contributed by atoms with Crippen LogP contribution < -0.4 is 10.1 Å². The highest BCUT2D eigenvalue weighted by Gasteiger charge is 2.33. The Morgan fingerprint density at radius 1 is 1.78 bits per heavy atom. The van der Waals surface area contributed by atoms with E-state index < -0.39 is 6.09 Å². The highest BCUT2D eigenvalue weighted by Crippen LogP contribution is 2.38. The molecular formula is C13H16N2O3. The Hall–Kier alpha value is -2.04. The molecule has 0 radical (unpaired) electrons. The molecule has 1 amide bonds. The molecule has 1 aliphatic rings. The van der Waals surface area contributed by atoms with Gasteiger partial charge in [-0.1, -0.05) is 6.08 Å². The van der Waals surface area contributed by atoms with Crippen LogP contribution in [0.15, 0.2) is 31.0 Å². The minimum Gasteiger partial charge on any atom is -0.488 e. The van der Waals surface area contributed by atoms with Crippen LogP contribution in [0, 0.1) is 0 Å². The lowest BCUT2D eigenvalue weighted by Crippen LogP contribution is -2.34. The van der Waals surface area contributed by atoms with Crippen LogP contribution >= 0.6 is 0 Å². The Balaban J connectivity index is 2.13. The SMILES string of the molecule is C=CC(C[C@H]1c2ncccc2O[C@@H]1C)NC(=O)O. The average molecular weight is 248 g/mol. The lowest BCUT2D eigenvalue weighted by molar-refractivity contribution is 0.186. The fourth-order valence-corrected chi connectivity index (χ4v) is 2.24. The first-order valence-corrected chi connectivity index (χ1v) is 5.85. The van der Waals surface area contributed by atoms with Crippen LogP contribution in [0.4, 0.5) is 4.79 Å². The second-order valence-electron chi connectivity index (χ2n) is 4.34. The Morgan fingerprint density at radius 2 is 2.56 bits per heavy atom. The summed E-state index contributed by atoms with van der Waals surface area (Å²) in [6, 6.07) is 3.41. The number of nitrogens with one attached hydrogen (secondary N) is 1. The number of amides is 1. The molecule has 18 heavy (non-hydrogen) atoms. The number of nitrogens with zero attached hydrogens (tertiary/aromatic N) is 1. The molecule has 1 aromatic rings. The third-order valence-electron chi connectivity index (χ3n) is 3.13. The molecule has 2 heterocycles. The van der Waals surface area contributed by atoms with Gasteiger partial charge in [0.2, 0.25) is 0 Å². The largest absolute Gasteiger partial charge is 0.488 e. The van der Waals surface area contributed by atoms with Gasteiger partial charge in [-0.2, -0.15) is 0 Å². The molecule has 2 N–H and O–H groups in total. The number of rotatable bonds is 4. The summed E-state index contributed by atoms with van der Waals surface area (Å²) in [4.78, 5) is 15.0. The second-order valence-corrected chi connectivity index (χ2v) is 4.34. The number of ether oxygens (including phenoxy) is 1. The van der Waals surface area contributed by atoms with Crippen molar-refractivity contribution in [3.8, 4) is 5.75 Å². The average Bonchev–Trinajstić information content (AvgIpc) is 2.64. The molecule has 0 fully saturated rings. The molecule has 0 saturated carbocycles. The summed E-state index contributed by atoms with van der Waals surface area (Å²) in [5, 5.41) is 11.2. The van der Waals surface area contributed by atoms with Gasteiger partial charge >= 0.3 is 6.09 Å². The van der Waals surface area contributed by atoms with Gasteiger partial charge in [-0.3, -0.25) is 4.98 Å². The topological polar surface area (TPSA) is 71.5 Å². The lowest BCUT2D eigenvalue weighted by Gasteiger charge is -2.19. The molecule has 5 nitrogen and oxygen atoms in total. The molecule has 3 atom stereocenters. The lowest BCUT2D eigenvalue weighted by atomic mass is 9.93. The maximum atomic E-state index is 10.7. The van der Waals surface area contributed by atoms with Gasteiger partial charge in [0.25, 0.3) is 0 Å². The van der Waals surface area contributed by atoms with Crippen molar-refractivity contribution < 1.29 is 14.6 Å². The molecule has 0 spiro atoms. The molecule has 0 saturated heterocycles. The Morgan fingerprint density at radius 3 is 3.22 bits per heavy atom. The monoisotopic (exact) mass is 248 g/mol. The van der Waals surface area contributed by atoms with Crippen LogP contribution in [0.1, 0.15) is 25.0 Å². The standard InChI is InChI=1S/C13H16N2O3/c1-3-9(15-13(16)17)7-10-8(2)18-11-5-4-6-14-12(10)11/h3-6,8-10,15H,1,7H2,2H3,(H,16,17)/t8-,9?,10-/m1/s1. The van der Waals surface area contributed by atoms with E-state index in [1.807, 2.05) is 19.1 Å². The summed E-state index contributed by atoms with van der Waals surface area (Å²) in [6.45, 7) is 5.62. The molecule has 2 rings (SSSR count). The van der Waals surface area contributed by atoms with Crippen molar-refractivity contribution in [2.75, 3.05) is 0 Å². The van der Waals surface area contributed by atoms with Gasteiger partial charge in [0.1, 0.15) is 11.9 Å². The molecular weight excluding hydrogens is 232 g/mol. The van der Waals surface area contributed by atoms with E-state index in [0.29, 0.717) is 6.42 Å². The fourth-order valence-electron chi connectivity index (χ4n) is 2.24. The van der Waals surface area contributed by atoms with E-state index in [0.717, 1.165) is 11.4 Å². The molecule has 1 aromatic heterocycles. The van der Waals surface area contributed by atoms with Gasteiger partial charge in [0.15, 0.2) is 0 Å². The first-order chi connectivity index (χ1) is 8.61. The van der Waals surface area contributed by atoms with Gasteiger partial charge in [-0.25, -0.2) is 4.79 Å². The highest BCUT2D eigenvalue weighted by molar-refractivity contribution is 5.65. The van der Waals surface area contributed by atoms with Crippen molar-refractivity contribution in [2.45, 2.75) is 31.4 Å². The molecule has 96 valence electrons. The van der Waals surface area contributed by atoms with Crippen molar-refractivity contribution >= 4 is 6.09 Å². The van der Waals surface area contributed by atoms with Gasteiger partial charge in [0.05, 0.1) is 11.7 Å². The summed E-state index contributed by atoms with van der Waals surface area (Å²) in [6.07, 6.45) is 2.87. The summed E-state index contributed by atoms with van der Waals surface area (Å²) in [7, 11) is 0. The summed E-state index contributed by atoms with van der Waals surface area (Å²) >= 11 is 0. The maximum absolute atomic E-state index is 10.7. The smallest absolute Gasteiger partial charge is 0.405 e. The van der Waals surface area contributed by atoms with Gasteiger partial charge in [0, 0.05) is 12.1 Å². The normalized spacial score (nSPS) is 22.7. The predicted octanol–water partition coefficient (Wildman–Crippen LogP) is 2.16. The zero-order valence-electron chi connectivity index (χ0n) is 10.2. The number of carboxylic acid groups (broad SMARTS) is 1. The maximum Gasteiger partial charge on any atom is 0.405 e. The van der Waals surface area contributed by atoms with Crippen molar-refractivity contribution in [1.29, 1.82) is 0 Å². The Bertz CT molecular complexity index is 461. The zero-order valence-corrected chi connectivity index (χ0v) is 10.2. The number of hydrogen-bond acceptors (Lipinski definition) is 3. The zero-order chi connectivity index (χ0) is 13.1. The molecule has 0 bridgehead atoms. The number of pyridine rings is 1. The fraction of sp³-hybridized carbons (Fsp3) is 0.385. The van der Waals surface area contributed by atoms with Gasteiger partial charge in [-0.15, -0.1) is 6.58 Å². The molecule has 0 aromatic carbocycles. The summed E-state index contributed by atoms with van der Waals surface area (Å²) in [5.74, 6) is 0.865. The third-order valence-corrected chi connectivity index (χ3v) is 3.13. The minimum absolute atomic E-state index is 0.00653. The van der Waals surface area contributed by atoms with E-state index in [-0.39, 0.29) is 18.1 Å². The van der Waals surface area contributed by atoms with Crippen LogP contribution in [0.5, 0.6) is 5.75 Å². The quantitative estimate of drug-likeness (QED) is 0.801. The highest BCUT2D eigenvalue weighted by atomic mass is 16.5. The molecule has 1 aliphatic heterocycles. The van der Waals surface area contributed by atoms with E-state index in [2.05, 4.69) is 16.9 Å². The predicted molar refractivity (Wildman–Crippen MR) is 66.8 cm³/mol. The van der Waals surface area contributed by atoms with Gasteiger partial charge < -0.3 is 15.2 Å². The van der Waals surface area contributed by atoms with Crippen LogP contribution in [0.25, 0.3) is 0 Å². The molecule has 1 unspecified atom stereocenters. The van der Waals surface area contributed by atoms with Crippen LogP contribution in [0.2, 0.25) is 0 Å². The number of hydrogen-bond donors (Lipinski definition) is 2. The number of carbonyl (C=O) groups is 1. The van der Waals surface area contributed by atoms with E-state index in [4.69, 9.17) is 9.84 Å². The Labute approximate surface area is 105 Å². The van der Waals surface area contributed by atoms with Gasteiger partial charge in [-0.05, 0) is 25.5 Å². The van der Waals surface area contributed by atoms with Crippen LogP contribution in [0.3, 0.4) is 0 Å². The van der Waals surface area contributed by atoms with Crippen LogP contribution in [-0.2, 0) is 0 Å². The van der Waals surface area contributed by atoms with E-state index in [1.54, 1.807) is 12.3 Å². The summed E-state index contributed by atoms with van der Waals surface area (Å²) < 4.78 is 5.70. The molecule has 5 heteroatoms. The van der Waals surface area contributed by atoms with Crippen LogP contribution in [-0.4, -0.2) is 28.3 Å². The number of aromatic nitrogens is 1. The minimum atomic E-state index is -1.05. The van der Waals surface area contributed by atoms with Crippen molar-refractivity contribution in [2.24, 2.45) is 0 Å². The van der Waals surface area contributed by atoms with Crippen molar-refractivity contribution in [3.05, 3.63) is 36.7 Å². The summed E-state index contributed by atoms with van der Waals surface area (Å²) in [5.41, 5.74) is 0.893. The Kier molecular flexibility index (Phi) is 3.50. The first kappa shape index (κ1) is 12.4. The second kappa shape index (κ2) is 5.08. The third kappa shape index (κ3) is 2.45. The van der Waals surface area contributed by atoms with E-state index in [1.165, 1.54) is 0 Å².